The van der Waals surface area contributed by atoms with Crippen LogP contribution in [0, 0.1) is 0 Å². The van der Waals surface area contributed by atoms with E-state index in [1.165, 1.54) is 0 Å². The first-order chi connectivity index (χ1) is 10.0. The van der Waals surface area contributed by atoms with Gasteiger partial charge in [-0.25, -0.2) is 0 Å². The minimum absolute atomic E-state index is 0.0362. The van der Waals surface area contributed by atoms with Crippen molar-refractivity contribution in [2.45, 2.75) is 19.4 Å². The number of aliphatic hydroxyl groups excluding tert-OH is 1. The molecule has 1 unspecified atom stereocenters. The molecule has 1 atom stereocenters. The minimum atomic E-state index is -0.914. The van der Waals surface area contributed by atoms with E-state index in [9.17, 15) is 9.90 Å². The molecule has 5 nitrogen and oxygen atoms in total. The number of carbonyl (C=O) groups is 1. The molecule has 0 bridgehead atoms. The number of rotatable bonds is 5. The van der Waals surface area contributed by atoms with E-state index >= 15 is 0 Å². The zero-order chi connectivity index (χ0) is 15.4. The lowest BCUT2D eigenvalue weighted by molar-refractivity contribution is 0.0911. The van der Waals surface area contributed by atoms with Crippen molar-refractivity contribution in [2.75, 3.05) is 6.54 Å². The average molecular weight is 328 g/mol. The summed E-state index contributed by atoms with van der Waals surface area (Å²) in [6, 6.07) is 6.49. The fourth-order valence-electron chi connectivity index (χ4n) is 1.82. The highest BCUT2D eigenvalue weighted by atomic mass is 35.5. The predicted octanol–water partition coefficient (Wildman–Crippen LogP) is 2.74. The maximum atomic E-state index is 11.9. The number of aromatic nitrogens is 2. The highest BCUT2D eigenvalue weighted by molar-refractivity contribution is 6.35. The Balaban J connectivity index is 1.97. The number of nitrogens with one attached hydrogen (secondary N) is 2. The molecular weight excluding hydrogens is 313 g/mol. The van der Waals surface area contributed by atoms with E-state index in [0.717, 1.165) is 12.1 Å². The Hall–Kier alpha value is -1.56. The van der Waals surface area contributed by atoms with E-state index < -0.39 is 6.10 Å². The Morgan fingerprint density at radius 1 is 1.43 bits per heavy atom. The summed E-state index contributed by atoms with van der Waals surface area (Å²) in [5.74, 6) is -0.352. The molecule has 0 aliphatic heterocycles. The first-order valence-corrected chi connectivity index (χ1v) is 7.22. The van der Waals surface area contributed by atoms with Crippen LogP contribution in [-0.2, 0) is 6.42 Å². The van der Waals surface area contributed by atoms with Gasteiger partial charge in [-0.3, -0.25) is 9.89 Å². The lowest BCUT2D eigenvalue weighted by Gasteiger charge is -2.13. The van der Waals surface area contributed by atoms with Crippen LogP contribution in [0.2, 0.25) is 10.0 Å². The summed E-state index contributed by atoms with van der Waals surface area (Å²) in [6.07, 6.45) is -0.146. The second-order valence-corrected chi connectivity index (χ2v) is 5.37. The molecule has 1 aromatic heterocycles. The maximum Gasteiger partial charge on any atom is 0.271 e. The standard InChI is InChI=1S/C14H15Cl2N3O2/c1-2-9-6-12(19-18-9)14(21)17-7-13(20)10-4-3-8(15)5-11(10)16/h3-6,13,20H,2,7H2,1H3,(H,17,21)(H,18,19). The van der Waals surface area contributed by atoms with Crippen molar-refractivity contribution in [1.82, 2.24) is 15.5 Å². The van der Waals surface area contributed by atoms with Gasteiger partial charge in [0.15, 0.2) is 0 Å². The van der Waals surface area contributed by atoms with E-state index in [4.69, 9.17) is 23.2 Å². The number of H-pyrrole nitrogens is 1. The number of aliphatic hydroxyl groups is 1. The van der Waals surface area contributed by atoms with Gasteiger partial charge in [-0.15, -0.1) is 0 Å². The summed E-state index contributed by atoms with van der Waals surface area (Å²) in [7, 11) is 0. The normalized spacial score (nSPS) is 12.2. The Bertz CT molecular complexity index is 643. The van der Waals surface area contributed by atoms with Gasteiger partial charge in [0.05, 0.1) is 6.10 Å². The van der Waals surface area contributed by atoms with Gasteiger partial charge in [0.25, 0.3) is 5.91 Å². The predicted molar refractivity (Wildman–Crippen MR) is 81.7 cm³/mol. The van der Waals surface area contributed by atoms with Crippen molar-refractivity contribution in [3.63, 3.8) is 0 Å². The molecule has 0 radical (unpaired) electrons. The molecule has 1 heterocycles. The first-order valence-electron chi connectivity index (χ1n) is 6.46. The van der Waals surface area contributed by atoms with Crippen molar-refractivity contribution < 1.29 is 9.90 Å². The molecule has 0 aliphatic carbocycles. The van der Waals surface area contributed by atoms with Crippen molar-refractivity contribution in [2.24, 2.45) is 0 Å². The van der Waals surface area contributed by atoms with Crippen molar-refractivity contribution in [3.8, 4) is 0 Å². The number of halogens is 2. The monoisotopic (exact) mass is 327 g/mol. The molecule has 21 heavy (non-hydrogen) atoms. The number of hydrogen-bond donors (Lipinski definition) is 3. The van der Waals surface area contributed by atoms with Gasteiger partial charge in [-0.1, -0.05) is 36.2 Å². The number of nitrogens with zero attached hydrogens (tertiary/aromatic N) is 1. The van der Waals surface area contributed by atoms with Gasteiger partial charge >= 0.3 is 0 Å². The van der Waals surface area contributed by atoms with Gasteiger partial charge in [0.2, 0.25) is 0 Å². The zero-order valence-electron chi connectivity index (χ0n) is 11.4. The van der Waals surface area contributed by atoms with Crippen LogP contribution in [-0.4, -0.2) is 27.8 Å². The van der Waals surface area contributed by atoms with Crippen LogP contribution in [0.25, 0.3) is 0 Å². The van der Waals surface area contributed by atoms with E-state index in [1.807, 2.05) is 6.92 Å². The fourth-order valence-corrected chi connectivity index (χ4v) is 2.36. The number of aromatic amines is 1. The summed E-state index contributed by atoms with van der Waals surface area (Å²) in [6.45, 7) is 2.00. The average Bonchev–Trinajstić information content (AvgIpc) is 2.93. The Labute approximate surface area is 132 Å². The highest BCUT2D eigenvalue weighted by Crippen LogP contribution is 2.25. The Kier molecular flexibility index (Phi) is 5.22. The summed E-state index contributed by atoms with van der Waals surface area (Å²) in [5, 5.41) is 20.2. The number of benzene rings is 1. The molecule has 1 aromatic carbocycles. The molecule has 0 saturated heterocycles. The van der Waals surface area contributed by atoms with Crippen LogP contribution in [0.3, 0.4) is 0 Å². The third-order valence-corrected chi connectivity index (χ3v) is 3.58. The van der Waals surface area contributed by atoms with E-state index in [-0.39, 0.29) is 12.5 Å². The quantitative estimate of drug-likeness (QED) is 0.790. The smallest absolute Gasteiger partial charge is 0.271 e. The van der Waals surface area contributed by atoms with Crippen LogP contribution in [0.1, 0.15) is 34.8 Å². The molecule has 2 aromatic rings. The maximum absolute atomic E-state index is 11.9. The molecule has 0 aliphatic rings. The number of amides is 1. The van der Waals surface area contributed by atoms with E-state index in [2.05, 4.69) is 15.5 Å². The lowest BCUT2D eigenvalue weighted by Crippen LogP contribution is -2.28. The van der Waals surface area contributed by atoms with Gasteiger partial charge < -0.3 is 10.4 Å². The second-order valence-electron chi connectivity index (χ2n) is 4.52. The van der Waals surface area contributed by atoms with Crippen molar-refractivity contribution in [3.05, 3.63) is 51.3 Å². The Morgan fingerprint density at radius 3 is 2.81 bits per heavy atom. The van der Waals surface area contributed by atoms with Crippen LogP contribution < -0.4 is 5.32 Å². The van der Waals surface area contributed by atoms with Crippen LogP contribution in [0.4, 0.5) is 0 Å². The topological polar surface area (TPSA) is 78.0 Å². The fraction of sp³-hybridized carbons (Fsp3) is 0.286. The summed E-state index contributed by atoms with van der Waals surface area (Å²) < 4.78 is 0. The van der Waals surface area contributed by atoms with Crippen LogP contribution in [0.15, 0.2) is 24.3 Å². The van der Waals surface area contributed by atoms with Crippen molar-refractivity contribution in [1.29, 1.82) is 0 Å². The third-order valence-electron chi connectivity index (χ3n) is 3.02. The molecular formula is C14H15Cl2N3O2. The molecule has 1 amide bonds. The molecule has 0 saturated carbocycles. The molecule has 0 fully saturated rings. The number of aryl methyl sites for hydroxylation is 1. The van der Waals surface area contributed by atoms with E-state index in [0.29, 0.717) is 21.3 Å². The van der Waals surface area contributed by atoms with Gasteiger partial charge in [0, 0.05) is 27.8 Å². The minimum Gasteiger partial charge on any atom is -0.387 e. The van der Waals surface area contributed by atoms with Crippen molar-refractivity contribution >= 4 is 29.1 Å². The summed E-state index contributed by atoms with van der Waals surface area (Å²) in [4.78, 5) is 11.9. The van der Waals surface area contributed by atoms with E-state index in [1.54, 1.807) is 24.3 Å². The molecule has 0 spiro atoms. The number of hydrogen-bond acceptors (Lipinski definition) is 3. The SMILES string of the molecule is CCc1cc(C(=O)NCC(O)c2ccc(Cl)cc2Cl)n[nH]1. The van der Waals surface area contributed by atoms with Gasteiger partial charge in [0.1, 0.15) is 5.69 Å². The largest absolute Gasteiger partial charge is 0.387 e. The molecule has 3 N–H and O–H groups in total. The third kappa shape index (κ3) is 3.97. The summed E-state index contributed by atoms with van der Waals surface area (Å²) in [5.41, 5.74) is 1.68. The summed E-state index contributed by atoms with van der Waals surface area (Å²) >= 11 is 11.8. The zero-order valence-corrected chi connectivity index (χ0v) is 12.9. The van der Waals surface area contributed by atoms with Gasteiger partial charge in [-0.05, 0) is 24.6 Å². The first kappa shape index (κ1) is 15.8. The number of carbonyl (C=O) groups excluding carboxylic acids is 1. The Morgan fingerprint density at radius 2 is 2.19 bits per heavy atom. The van der Waals surface area contributed by atoms with Gasteiger partial charge in [-0.2, -0.15) is 5.10 Å². The van der Waals surface area contributed by atoms with Crippen LogP contribution >= 0.6 is 23.2 Å². The molecule has 2 rings (SSSR count). The lowest BCUT2D eigenvalue weighted by atomic mass is 10.1. The molecule has 7 heteroatoms. The highest BCUT2D eigenvalue weighted by Gasteiger charge is 2.15. The molecule has 112 valence electrons. The van der Waals surface area contributed by atoms with Crippen LogP contribution in [0.5, 0.6) is 0 Å². The second kappa shape index (κ2) is 6.93.